The number of rotatable bonds is 4. The van der Waals surface area contributed by atoms with E-state index in [0.29, 0.717) is 0 Å². The van der Waals surface area contributed by atoms with E-state index in [4.69, 9.17) is 0 Å². The molecule has 0 spiro atoms. The molecule has 2 aromatic heterocycles. The van der Waals surface area contributed by atoms with Crippen molar-refractivity contribution >= 4 is 32.9 Å². The Bertz CT molecular complexity index is 1040. The van der Waals surface area contributed by atoms with E-state index >= 15 is 0 Å². The number of nitrogens with one attached hydrogen (secondary N) is 1. The number of nitrogens with zero attached hydrogens (tertiary/aromatic N) is 3. The monoisotopic (exact) mass is 344 g/mol. The third-order valence-electron chi connectivity index (χ3n) is 3.57. The first-order chi connectivity index (χ1) is 11.4. The zero-order chi connectivity index (χ0) is 17.3. The van der Waals surface area contributed by atoms with Crippen LogP contribution in [-0.4, -0.2) is 28.7 Å². The third kappa shape index (κ3) is 3.09. The molecule has 0 unspecified atom stereocenters. The molecule has 24 heavy (non-hydrogen) atoms. The SMILES string of the molecule is Cn1cc(S(=O)(=O)NC(=O)C=Cc2cn(C)c3ccccc23)cn1. The summed E-state index contributed by atoms with van der Waals surface area (Å²) >= 11 is 0. The lowest BCUT2D eigenvalue weighted by atomic mass is 10.1. The Kier molecular flexibility index (Phi) is 3.98. The van der Waals surface area contributed by atoms with Gasteiger partial charge in [-0.2, -0.15) is 5.10 Å². The molecular formula is C16H16N4O3S. The summed E-state index contributed by atoms with van der Waals surface area (Å²) in [5.41, 5.74) is 1.86. The van der Waals surface area contributed by atoms with E-state index in [0.717, 1.165) is 16.5 Å². The number of amides is 1. The highest BCUT2D eigenvalue weighted by atomic mass is 32.2. The molecule has 0 atom stereocenters. The lowest BCUT2D eigenvalue weighted by molar-refractivity contribution is -0.114. The summed E-state index contributed by atoms with van der Waals surface area (Å²) < 4.78 is 29.4. The minimum atomic E-state index is -3.92. The van der Waals surface area contributed by atoms with E-state index < -0.39 is 15.9 Å². The maximum atomic E-state index is 12.1. The summed E-state index contributed by atoms with van der Waals surface area (Å²) in [5, 5.41) is 4.77. The zero-order valence-electron chi connectivity index (χ0n) is 13.2. The molecule has 0 saturated heterocycles. The van der Waals surface area contributed by atoms with Crippen LogP contribution in [0.1, 0.15) is 5.56 Å². The van der Waals surface area contributed by atoms with Crippen molar-refractivity contribution in [2.45, 2.75) is 4.90 Å². The molecule has 124 valence electrons. The molecular weight excluding hydrogens is 328 g/mol. The molecule has 1 N–H and O–H groups in total. The summed E-state index contributed by atoms with van der Waals surface area (Å²) in [6.45, 7) is 0. The van der Waals surface area contributed by atoms with Gasteiger partial charge in [-0.25, -0.2) is 13.1 Å². The zero-order valence-corrected chi connectivity index (χ0v) is 14.0. The highest BCUT2D eigenvalue weighted by Crippen LogP contribution is 2.21. The molecule has 0 aliphatic heterocycles. The van der Waals surface area contributed by atoms with Crippen molar-refractivity contribution in [2.75, 3.05) is 0 Å². The van der Waals surface area contributed by atoms with Crippen LogP contribution in [0.15, 0.2) is 53.8 Å². The Hall–Kier alpha value is -2.87. The van der Waals surface area contributed by atoms with Crippen molar-refractivity contribution < 1.29 is 13.2 Å². The molecule has 0 fully saturated rings. The molecule has 0 aliphatic rings. The summed E-state index contributed by atoms with van der Waals surface area (Å²) in [7, 11) is -0.412. The van der Waals surface area contributed by atoms with Crippen LogP contribution in [0.3, 0.4) is 0 Å². The lowest BCUT2D eigenvalue weighted by Gasteiger charge is -2.01. The van der Waals surface area contributed by atoms with Gasteiger partial charge in [-0.1, -0.05) is 18.2 Å². The normalized spacial score (nSPS) is 12.1. The second-order valence-electron chi connectivity index (χ2n) is 5.37. The van der Waals surface area contributed by atoms with Gasteiger partial charge >= 0.3 is 0 Å². The van der Waals surface area contributed by atoms with Crippen LogP contribution in [-0.2, 0) is 28.9 Å². The number of aryl methyl sites for hydroxylation is 2. The van der Waals surface area contributed by atoms with Crippen LogP contribution >= 0.6 is 0 Å². The van der Waals surface area contributed by atoms with Crippen LogP contribution in [0.4, 0.5) is 0 Å². The summed E-state index contributed by atoms with van der Waals surface area (Å²) in [5.74, 6) is -0.716. The van der Waals surface area contributed by atoms with E-state index in [9.17, 15) is 13.2 Å². The van der Waals surface area contributed by atoms with Crippen LogP contribution in [0.25, 0.3) is 17.0 Å². The van der Waals surface area contributed by atoms with Crippen LogP contribution in [0.5, 0.6) is 0 Å². The predicted octanol–water partition coefficient (Wildman–Crippen LogP) is 1.43. The second-order valence-corrected chi connectivity index (χ2v) is 7.05. The van der Waals surface area contributed by atoms with E-state index in [1.54, 1.807) is 13.1 Å². The average molecular weight is 344 g/mol. The fourth-order valence-corrected chi connectivity index (χ4v) is 3.36. The van der Waals surface area contributed by atoms with Crippen molar-refractivity contribution in [2.24, 2.45) is 14.1 Å². The number of para-hydroxylation sites is 1. The number of sulfonamides is 1. The highest BCUT2D eigenvalue weighted by Gasteiger charge is 2.18. The maximum Gasteiger partial charge on any atom is 0.267 e. The first-order valence-electron chi connectivity index (χ1n) is 7.14. The number of hydrogen-bond acceptors (Lipinski definition) is 4. The van der Waals surface area contributed by atoms with E-state index in [1.807, 2.05) is 46.8 Å². The molecule has 7 nitrogen and oxygen atoms in total. The first-order valence-corrected chi connectivity index (χ1v) is 8.63. The smallest absolute Gasteiger partial charge is 0.267 e. The van der Waals surface area contributed by atoms with Gasteiger partial charge in [0.25, 0.3) is 15.9 Å². The molecule has 3 rings (SSSR count). The van der Waals surface area contributed by atoms with E-state index in [1.165, 1.54) is 23.2 Å². The van der Waals surface area contributed by atoms with Crippen molar-refractivity contribution in [3.8, 4) is 0 Å². The molecule has 0 aliphatic carbocycles. The molecule has 3 aromatic rings. The molecule has 0 bridgehead atoms. The molecule has 2 heterocycles. The molecule has 1 aromatic carbocycles. The van der Waals surface area contributed by atoms with Gasteiger partial charge in [-0.3, -0.25) is 9.48 Å². The van der Waals surface area contributed by atoms with E-state index in [2.05, 4.69) is 5.10 Å². The van der Waals surface area contributed by atoms with Gasteiger partial charge in [0.05, 0.1) is 6.20 Å². The van der Waals surface area contributed by atoms with Crippen LogP contribution in [0, 0.1) is 0 Å². The molecule has 0 saturated carbocycles. The van der Waals surface area contributed by atoms with E-state index in [-0.39, 0.29) is 4.90 Å². The van der Waals surface area contributed by atoms with Crippen LogP contribution in [0.2, 0.25) is 0 Å². The quantitative estimate of drug-likeness (QED) is 0.726. The fraction of sp³-hybridized carbons (Fsp3) is 0.125. The van der Waals surface area contributed by atoms with Crippen molar-refractivity contribution in [3.05, 3.63) is 54.5 Å². The Labute approximate surface area is 139 Å². The number of carbonyl (C=O) groups excluding carboxylic acids is 1. The second kappa shape index (κ2) is 5.97. The largest absolute Gasteiger partial charge is 0.350 e. The number of fused-ring (bicyclic) bond motifs is 1. The lowest BCUT2D eigenvalue weighted by Crippen LogP contribution is -2.28. The average Bonchev–Trinajstić information content (AvgIpc) is 3.10. The Morgan fingerprint density at radius 1 is 1.21 bits per heavy atom. The minimum Gasteiger partial charge on any atom is -0.350 e. The fourth-order valence-electron chi connectivity index (χ4n) is 2.43. The van der Waals surface area contributed by atoms with Crippen LogP contribution < -0.4 is 4.72 Å². The molecule has 8 heteroatoms. The van der Waals surface area contributed by atoms with Gasteiger partial charge in [0.2, 0.25) is 0 Å². The number of aromatic nitrogens is 3. The minimum absolute atomic E-state index is 0.0584. The number of benzene rings is 1. The molecule has 1 amide bonds. The standard InChI is InChI=1S/C16H16N4O3S/c1-19-10-12(14-5-3-4-6-15(14)19)7-8-16(21)18-24(22,23)13-9-17-20(2)11-13/h3-11H,1-2H3,(H,18,21). The van der Waals surface area contributed by atoms with Gasteiger partial charge in [-0.15, -0.1) is 0 Å². The Balaban J connectivity index is 1.80. The summed E-state index contributed by atoms with van der Waals surface area (Å²) in [6.07, 6.45) is 7.18. The van der Waals surface area contributed by atoms with Gasteiger partial charge in [0.15, 0.2) is 0 Å². The topological polar surface area (TPSA) is 86.0 Å². The van der Waals surface area contributed by atoms with Gasteiger partial charge in [-0.05, 0) is 12.1 Å². The van der Waals surface area contributed by atoms with Gasteiger partial charge in [0, 0.05) is 49.0 Å². The Morgan fingerprint density at radius 2 is 1.96 bits per heavy atom. The highest BCUT2D eigenvalue weighted by molar-refractivity contribution is 7.90. The Morgan fingerprint density at radius 3 is 2.67 bits per heavy atom. The first kappa shape index (κ1) is 16.0. The summed E-state index contributed by atoms with van der Waals surface area (Å²) in [6, 6.07) is 7.76. The predicted molar refractivity (Wildman–Crippen MR) is 90.5 cm³/mol. The number of carbonyl (C=O) groups is 1. The summed E-state index contributed by atoms with van der Waals surface area (Å²) in [4.78, 5) is 11.9. The van der Waals surface area contributed by atoms with Gasteiger partial charge < -0.3 is 4.57 Å². The maximum absolute atomic E-state index is 12.1. The molecule has 0 radical (unpaired) electrons. The van der Waals surface area contributed by atoms with Gasteiger partial charge in [0.1, 0.15) is 4.90 Å². The number of hydrogen-bond donors (Lipinski definition) is 1. The van der Waals surface area contributed by atoms with Crippen molar-refractivity contribution in [1.29, 1.82) is 0 Å². The third-order valence-corrected chi connectivity index (χ3v) is 4.87. The van der Waals surface area contributed by atoms with Crippen molar-refractivity contribution in [3.63, 3.8) is 0 Å². The van der Waals surface area contributed by atoms with Crippen molar-refractivity contribution in [1.82, 2.24) is 19.1 Å².